The summed E-state index contributed by atoms with van der Waals surface area (Å²) in [4.78, 5) is 11.4. The number of aromatic nitrogens is 3. The summed E-state index contributed by atoms with van der Waals surface area (Å²) >= 11 is 9.64. The van der Waals surface area contributed by atoms with E-state index in [0.717, 1.165) is 10.0 Å². The van der Waals surface area contributed by atoms with Crippen molar-refractivity contribution in [2.24, 2.45) is 0 Å². The third-order valence-electron chi connectivity index (χ3n) is 3.04. The van der Waals surface area contributed by atoms with Gasteiger partial charge in [0.1, 0.15) is 0 Å². The summed E-state index contributed by atoms with van der Waals surface area (Å²) in [5.41, 5.74) is 1.62. The Kier molecular flexibility index (Phi) is 4.13. The van der Waals surface area contributed by atoms with Crippen LogP contribution in [0.15, 0.2) is 16.6 Å². The zero-order valence-electron chi connectivity index (χ0n) is 12.1. The molecule has 5 nitrogen and oxygen atoms in total. The number of nitrogens with zero attached hydrogens (tertiary/aromatic N) is 3. The van der Waals surface area contributed by atoms with Crippen molar-refractivity contribution in [3.8, 4) is 5.69 Å². The number of halogens is 2. The highest BCUT2D eigenvalue weighted by atomic mass is 79.9. The summed E-state index contributed by atoms with van der Waals surface area (Å²) in [5, 5.41) is 17.7. The highest BCUT2D eigenvalue weighted by Gasteiger charge is 2.30. The Morgan fingerprint density at radius 2 is 2.00 bits per heavy atom. The highest BCUT2D eigenvalue weighted by molar-refractivity contribution is 9.10. The Bertz CT molecular complexity index is 720. The van der Waals surface area contributed by atoms with E-state index in [2.05, 4.69) is 26.2 Å². The van der Waals surface area contributed by atoms with Crippen molar-refractivity contribution in [2.45, 2.75) is 33.1 Å². The maximum Gasteiger partial charge on any atom is 0.358 e. The lowest BCUT2D eigenvalue weighted by atomic mass is 9.90. The number of carbonyl (C=O) groups is 1. The topological polar surface area (TPSA) is 68.0 Å². The van der Waals surface area contributed by atoms with E-state index in [1.807, 2.05) is 33.8 Å². The van der Waals surface area contributed by atoms with Crippen LogP contribution in [-0.2, 0) is 5.41 Å². The zero-order valence-corrected chi connectivity index (χ0v) is 14.4. The standard InChI is InChI=1S/C14H15BrClN3O2/c1-7-5-8(15)10(6-9(7)16)19-12(14(2,3)4)11(13(20)21)17-18-19/h5-6H,1-4H3,(H,20,21). The molecule has 7 heteroatoms. The monoisotopic (exact) mass is 371 g/mol. The first-order chi connectivity index (χ1) is 9.62. The van der Waals surface area contributed by atoms with Gasteiger partial charge >= 0.3 is 5.97 Å². The quantitative estimate of drug-likeness (QED) is 0.865. The second kappa shape index (κ2) is 5.42. The lowest BCUT2D eigenvalue weighted by Crippen LogP contribution is -2.21. The molecule has 0 unspecified atom stereocenters. The first kappa shape index (κ1) is 16.0. The SMILES string of the molecule is Cc1cc(Br)c(-n2nnc(C(=O)O)c2C(C)(C)C)cc1Cl. The van der Waals surface area contributed by atoms with Gasteiger partial charge in [0.15, 0.2) is 5.69 Å². The van der Waals surface area contributed by atoms with Crippen LogP contribution in [0.4, 0.5) is 0 Å². The number of carboxylic acid groups (broad SMARTS) is 1. The summed E-state index contributed by atoms with van der Waals surface area (Å²) < 4.78 is 2.30. The number of aromatic carboxylic acids is 1. The van der Waals surface area contributed by atoms with Gasteiger partial charge in [-0.2, -0.15) is 0 Å². The average Bonchev–Trinajstić information content (AvgIpc) is 2.78. The van der Waals surface area contributed by atoms with Gasteiger partial charge in [-0.15, -0.1) is 5.10 Å². The van der Waals surface area contributed by atoms with Gasteiger partial charge in [-0.25, -0.2) is 9.48 Å². The van der Waals surface area contributed by atoms with Gasteiger partial charge < -0.3 is 5.11 Å². The summed E-state index contributed by atoms with van der Waals surface area (Å²) in [5.74, 6) is -1.10. The molecule has 0 spiro atoms. The van der Waals surface area contributed by atoms with Crippen LogP contribution >= 0.6 is 27.5 Å². The van der Waals surface area contributed by atoms with Crippen molar-refractivity contribution in [3.05, 3.63) is 38.6 Å². The van der Waals surface area contributed by atoms with Crippen LogP contribution in [0.5, 0.6) is 0 Å². The van der Waals surface area contributed by atoms with Crippen molar-refractivity contribution < 1.29 is 9.90 Å². The van der Waals surface area contributed by atoms with E-state index in [-0.39, 0.29) is 5.69 Å². The molecule has 0 aliphatic rings. The van der Waals surface area contributed by atoms with Gasteiger partial charge in [0.2, 0.25) is 0 Å². The molecule has 1 heterocycles. The first-order valence-electron chi connectivity index (χ1n) is 6.28. The average molecular weight is 373 g/mol. The number of aryl methyl sites for hydroxylation is 1. The zero-order chi connectivity index (χ0) is 15.9. The third-order valence-corrected chi connectivity index (χ3v) is 4.08. The van der Waals surface area contributed by atoms with Gasteiger partial charge in [-0.3, -0.25) is 0 Å². The molecular weight excluding hydrogens is 358 g/mol. The maximum absolute atomic E-state index is 11.4. The van der Waals surface area contributed by atoms with Gasteiger partial charge in [-0.1, -0.05) is 37.6 Å². The van der Waals surface area contributed by atoms with Crippen molar-refractivity contribution in [1.29, 1.82) is 0 Å². The fourth-order valence-electron chi connectivity index (χ4n) is 2.07. The number of hydrogen-bond donors (Lipinski definition) is 1. The Hall–Kier alpha value is -1.40. The minimum Gasteiger partial charge on any atom is -0.476 e. The fourth-order valence-corrected chi connectivity index (χ4v) is 2.85. The van der Waals surface area contributed by atoms with E-state index in [1.54, 1.807) is 6.07 Å². The van der Waals surface area contributed by atoms with Crippen LogP contribution in [0.3, 0.4) is 0 Å². The largest absolute Gasteiger partial charge is 0.476 e. The minimum atomic E-state index is -1.10. The molecule has 112 valence electrons. The molecule has 0 aliphatic carbocycles. The number of benzene rings is 1. The molecule has 1 aromatic carbocycles. The lowest BCUT2D eigenvalue weighted by molar-refractivity contribution is 0.0687. The van der Waals surface area contributed by atoms with Gasteiger partial charge in [0.25, 0.3) is 0 Å². The third kappa shape index (κ3) is 2.96. The molecule has 0 fully saturated rings. The Labute approximate surface area is 136 Å². The first-order valence-corrected chi connectivity index (χ1v) is 7.45. The van der Waals surface area contributed by atoms with E-state index >= 15 is 0 Å². The van der Waals surface area contributed by atoms with Crippen LogP contribution in [0.1, 0.15) is 42.5 Å². The summed E-state index contributed by atoms with van der Waals surface area (Å²) in [6.07, 6.45) is 0. The van der Waals surface area contributed by atoms with Crippen LogP contribution in [0.25, 0.3) is 5.69 Å². The van der Waals surface area contributed by atoms with E-state index in [4.69, 9.17) is 11.6 Å². The molecule has 1 aromatic heterocycles. The number of rotatable bonds is 2. The highest BCUT2D eigenvalue weighted by Crippen LogP contribution is 2.32. The molecule has 2 aromatic rings. The molecule has 0 radical (unpaired) electrons. The second-order valence-corrected chi connectivity index (χ2v) is 7.07. The van der Waals surface area contributed by atoms with E-state index in [1.165, 1.54) is 4.68 Å². The van der Waals surface area contributed by atoms with Crippen molar-refractivity contribution in [1.82, 2.24) is 15.0 Å². The fraction of sp³-hybridized carbons (Fsp3) is 0.357. The van der Waals surface area contributed by atoms with E-state index < -0.39 is 11.4 Å². The summed E-state index contributed by atoms with van der Waals surface area (Å²) in [7, 11) is 0. The van der Waals surface area contributed by atoms with Crippen molar-refractivity contribution in [3.63, 3.8) is 0 Å². The van der Waals surface area contributed by atoms with E-state index in [0.29, 0.717) is 16.4 Å². The molecule has 0 saturated carbocycles. The predicted molar refractivity (Wildman–Crippen MR) is 84.5 cm³/mol. The molecule has 1 N–H and O–H groups in total. The smallest absolute Gasteiger partial charge is 0.358 e. The van der Waals surface area contributed by atoms with Gasteiger partial charge in [0.05, 0.1) is 11.4 Å². The van der Waals surface area contributed by atoms with Crippen molar-refractivity contribution in [2.75, 3.05) is 0 Å². The van der Waals surface area contributed by atoms with Crippen LogP contribution in [0.2, 0.25) is 5.02 Å². The molecule has 0 saturated heterocycles. The molecule has 21 heavy (non-hydrogen) atoms. The molecular formula is C14H15BrClN3O2. The normalized spacial score (nSPS) is 11.7. The van der Waals surface area contributed by atoms with Crippen LogP contribution < -0.4 is 0 Å². The molecule has 2 rings (SSSR count). The van der Waals surface area contributed by atoms with E-state index in [9.17, 15) is 9.90 Å². The minimum absolute atomic E-state index is 0.0499. The van der Waals surface area contributed by atoms with Crippen LogP contribution in [-0.4, -0.2) is 26.1 Å². The summed E-state index contributed by atoms with van der Waals surface area (Å²) in [6, 6.07) is 3.61. The summed E-state index contributed by atoms with van der Waals surface area (Å²) in [6.45, 7) is 7.64. The Morgan fingerprint density at radius 3 is 2.52 bits per heavy atom. The lowest BCUT2D eigenvalue weighted by Gasteiger charge is -2.21. The number of hydrogen-bond acceptors (Lipinski definition) is 3. The van der Waals surface area contributed by atoms with Crippen molar-refractivity contribution >= 4 is 33.5 Å². The molecule has 0 bridgehead atoms. The predicted octanol–water partition coefficient (Wildman–Crippen LogP) is 3.99. The molecule has 0 amide bonds. The van der Waals surface area contributed by atoms with Gasteiger partial charge in [0, 0.05) is 14.9 Å². The van der Waals surface area contributed by atoms with Gasteiger partial charge in [-0.05, 0) is 40.5 Å². The maximum atomic E-state index is 11.4. The number of carboxylic acids is 1. The molecule has 0 aliphatic heterocycles. The Balaban J connectivity index is 2.77. The molecule has 0 atom stereocenters. The van der Waals surface area contributed by atoms with Crippen LogP contribution in [0, 0.1) is 6.92 Å². The second-order valence-electron chi connectivity index (χ2n) is 5.81. The Morgan fingerprint density at radius 1 is 1.38 bits per heavy atom.